The van der Waals surface area contributed by atoms with Crippen molar-refractivity contribution in [3.8, 4) is 5.75 Å². The molecule has 2 aromatic carbocycles. The molecule has 8 heteroatoms. The van der Waals surface area contributed by atoms with Crippen LogP contribution in [-0.4, -0.2) is 36.7 Å². The van der Waals surface area contributed by atoms with Crippen LogP contribution in [-0.2, 0) is 20.9 Å². The van der Waals surface area contributed by atoms with Crippen LogP contribution >= 0.6 is 0 Å². The van der Waals surface area contributed by atoms with Crippen molar-refractivity contribution in [2.45, 2.75) is 46.8 Å². The van der Waals surface area contributed by atoms with Gasteiger partial charge < -0.3 is 25.4 Å². The Bertz CT molecular complexity index is 966. The monoisotopic (exact) mass is 441 g/mol. The van der Waals surface area contributed by atoms with Crippen molar-refractivity contribution in [2.24, 2.45) is 0 Å². The maximum atomic E-state index is 12.2. The van der Waals surface area contributed by atoms with Crippen molar-refractivity contribution >= 4 is 23.6 Å². The van der Waals surface area contributed by atoms with E-state index in [4.69, 9.17) is 9.47 Å². The molecule has 2 rings (SSSR count). The number of anilines is 1. The van der Waals surface area contributed by atoms with E-state index in [1.54, 1.807) is 39.0 Å². The lowest BCUT2D eigenvalue weighted by atomic mass is 10.1. The fourth-order valence-corrected chi connectivity index (χ4v) is 2.81. The predicted octanol–water partition coefficient (Wildman–Crippen LogP) is 3.46. The topological polar surface area (TPSA) is 106 Å². The molecule has 172 valence electrons. The van der Waals surface area contributed by atoms with Crippen molar-refractivity contribution in [2.75, 3.05) is 18.5 Å². The summed E-state index contributed by atoms with van der Waals surface area (Å²) in [5, 5.41) is 7.93. The molecular formula is C24H31N3O5. The first-order valence-electron chi connectivity index (χ1n) is 10.3. The number of nitrogens with one attached hydrogen (secondary N) is 3. The number of hydrogen-bond donors (Lipinski definition) is 3. The molecule has 32 heavy (non-hydrogen) atoms. The van der Waals surface area contributed by atoms with Gasteiger partial charge in [-0.2, -0.15) is 0 Å². The van der Waals surface area contributed by atoms with Gasteiger partial charge in [0, 0.05) is 12.2 Å². The van der Waals surface area contributed by atoms with E-state index in [9.17, 15) is 14.4 Å². The van der Waals surface area contributed by atoms with Crippen LogP contribution < -0.4 is 20.7 Å². The number of para-hydroxylation sites is 1. The van der Waals surface area contributed by atoms with Crippen LogP contribution in [0.3, 0.4) is 0 Å². The van der Waals surface area contributed by atoms with Gasteiger partial charge in [-0.1, -0.05) is 35.9 Å². The van der Waals surface area contributed by atoms with E-state index < -0.39 is 17.6 Å². The first-order valence-corrected chi connectivity index (χ1v) is 10.3. The lowest BCUT2D eigenvalue weighted by Crippen LogP contribution is -2.37. The summed E-state index contributed by atoms with van der Waals surface area (Å²) in [6, 6.07) is 12.9. The lowest BCUT2D eigenvalue weighted by Gasteiger charge is -2.19. The fourth-order valence-electron chi connectivity index (χ4n) is 2.81. The molecular weight excluding hydrogens is 410 g/mol. The van der Waals surface area contributed by atoms with Gasteiger partial charge in [-0.15, -0.1) is 0 Å². The molecule has 0 saturated heterocycles. The average Bonchev–Trinajstić information content (AvgIpc) is 2.70. The van der Waals surface area contributed by atoms with Gasteiger partial charge >= 0.3 is 6.09 Å². The average molecular weight is 442 g/mol. The minimum atomic E-state index is -0.669. The molecule has 2 aromatic rings. The van der Waals surface area contributed by atoms with E-state index in [-0.39, 0.29) is 25.6 Å². The zero-order valence-corrected chi connectivity index (χ0v) is 19.2. The SMILES string of the molecule is Cc1ccc(OCC(=O)NCc2ccccc2NC(=O)CNC(=O)OC(C)(C)C)c(C)c1. The van der Waals surface area contributed by atoms with Crippen LogP contribution in [0, 0.1) is 13.8 Å². The molecule has 3 N–H and O–H groups in total. The Hall–Kier alpha value is -3.55. The molecule has 0 fully saturated rings. The number of aryl methyl sites for hydroxylation is 2. The molecule has 0 unspecified atom stereocenters. The predicted molar refractivity (Wildman–Crippen MR) is 123 cm³/mol. The summed E-state index contributed by atoms with van der Waals surface area (Å²) in [6.07, 6.45) is -0.669. The molecule has 0 heterocycles. The lowest BCUT2D eigenvalue weighted by molar-refractivity contribution is -0.123. The number of hydrogen-bond acceptors (Lipinski definition) is 5. The summed E-state index contributed by atoms with van der Waals surface area (Å²) >= 11 is 0. The summed E-state index contributed by atoms with van der Waals surface area (Å²) in [4.78, 5) is 36.1. The van der Waals surface area contributed by atoms with Gasteiger partial charge in [0.15, 0.2) is 6.61 Å². The van der Waals surface area contributed by atoms with Gasteiger partial charge in [0.25, 0.3) is 5.91 Å². The Morgan fingerprint density at radius 2 is 1.66 bits per heavy atom. The van der Waals surface area contributed by atoms with Gasteiger partial charge in [-0.05, 0) is 57.9 Å². The maximum Gasteiger partial charge on any atom is 0.408 e. The van der Waals surface area contributed by atoms with Crippen LogP contribution in [0.1, 0.15) is 37.5 Å². The Balaban J connectivity index is 1.84. The number of rotatable bonds is 8. The number of ether oxygens (including phenoxy) is 2. The highest BCUT2D eigenvalue weighted by Gasteiger charge is 2.17. The third-order valence-corrected chi connectivity index (χ3v) is 4.25. The number of carbonyl (C=O) groups excluding carboxylic acids is 3. The van der Waals surface area contributed by atoms with Crippen molar-refractivity contribution in [3.63, 3.8) is 0 Å². The van der Waals surface area contributed by atoms with Crippen molar-refractivity contribution in [1.82, 2.24) is 10.6 Å². The van der Waals surface area contributed by atoms with E-state index in [0.29, 0.717) is 11.4 Å². The smallest absolute Gasteiger partial charge is 0.408 e. The Morgan fingerprint density at radius 3 is 2.34 bits per heavy atom. The minimum Gasteiger partial charge on any atom is -0.484 e. The first kappa shape index (κ1) is 24.7. The highest BCUT2D eigenvalue weighted by Crippen LogP contribution is 2.18. The van der Waals surface area contributed by atoms with Gasteiger partial charge in [0.05, 0.1) is 0 Å². The second-order valence-electron chi connectivity index (χ2n) is 8.40. The molecule has 0 aliphatic heterocycles. The molecule has 3 amide bonds. The first-order chi connectivity index (χ1) is 15.0. The normalized spacial score (nSPS) is 10.8. The van der Waals surface area contributed by atoms with Crippen LogP contribution in [0.4, 0.5) is 10.5 Å². The van der Waals surface area contributed by atoms with Crippen LogP contribution in [0.2, 0.25) is 0 Å². The van der Waals surface area contributed by atoms with Gasteiger partial charge in [-0.25, -0.2) is 4.79 Å². The second-order valence-corrected chi connectivity index (χ2v) is 8.40. The Morgan fingerprint density at radius 1 is 0.938 bits per heavy atom. The van der Waals surface area contributed by atoms with Crippen molar-refractivity contribution in [1.29, 1.82) is 0 Å². The van der Waals surface area contributed by atoms with E-state index in [2.05, 4.69) is 16.0 Å². The largest absolute Gasteiger partial charge is 0.484 e. The molecule has 0 atom stereocenters. The van der Waals surface area contributed by atoms with Gasteiger partial charge in [-0.3, -0.25) is 9.59 Å². The standard InChI is InChI=1S/C24H31N3O5/c1-16-10-11-20(17(2)12-16)31-15-22(29)25-13-18-8-6-7-9-19(18)27-21(28)14-26-23(30)32-24(3,4)5/h6-12H,13-15H2,1-5H3,(H,25,29)(H,26,30)(H,27,28). The second kappa shape index (κ2) is 11.2. The summed E-state index contributed by atoms with van der Waals surface area (Å²) in [6.45, 7) is 9.01. The zero-order chi connectivity index (χ0) is 23.7. The van der Waals surface area contributed by atoms with E-state index in [1.165, 1.54) is 0 Å². The third kappa shape index (κ3) is 8.67. The highest BCUT2D eigenvalue weighted by molar-refractivity contribution is 5.94. The number of carbonyl (C=O) groups is 3. The van der Waals surface area contributed by atoms with Crippen LogP contribution in [0.15, 0.2) is 42.5 Å². The number of benzene rings is 2. The van der Waals surface area contributed by atoms with Crippen LogP contribution in [0.25, 0.3) is 0 Å². The third-order valence-electron chi connectivity index (χ3n) is 4.25. The Labute approximate surface area is 188 Å². The molecule has 0 aliphatic rings. The van der Waals surface area contributed by atoms with E-state index >= 15 is 0 Å². The maximum absolute atomic E-state index is 12.2. The number of alkyl carbamates (subject to hydrolysis) is 1. The molecule has 0 spiro atoms. The Kier molecular flexibility index (Phi) is 8.63. The van der Waals surface area contributed by atoms with Crippen LogP contribution in [0.5, 0.6) is 5.75 Å². The summed E-state index contributed by atoms with van der Waals surface area (Å²) in [5.74, 6) is -0.0265. The highest BCUT2D eigenvalue weighted by atomic mass is 16.6. The molecule has 0 aromatic heterocycles. The molecule has 0 aliphatic carbocycles. The molecule has 0 bridgehead atoms. The quantitative estimate of drug-likeness (QED) is 0.582. The summed E-state index contributed by atoms with van der Waals surface area (Å²) in [5.41, 5.74) is 2.70. The van der Waals surface area contributed by atoms with Crippen molar-refractivity contribution < 1.29 is 23.9 Å². The number of amides is 3. The van der Waals surface area contributed by atoms with E-state index in [0.717, 1.165) is 16.7 Å². The van der Waals surface area contributed by atoms with Gasteiger partial charge in [0.1, 0.15) is 17.9 Å². The summed E-state index contributed by atoms with van der Waals surface area (Å²) < 4.78 is 10.7. The molecule has 0 radical (unpaired) electrons. The molecule has 0 saturated carbocycles. The minimum absolute atomic E-state index is 0.113. The van der Waals surface area contributed by atoms with Crippen molar-refractivity contribution in [3.05, 3.63) is 59.2 Å². The zero-order valence-electron chi connectivity index (χ0n) is 19.2. The molecule has 8 nitrogen and oxygen atoms in total. The fraction of sp³-hybridized carbons (Fsp3) is 0.375. The van der Waals surface area contributed by atoms with Gasteiger partial charge in [0.2, 0.25) is 5.91 Å². The summed E-state index contributed by atoms with van der Waals surface area (Å²) in [7, 11) is 0. The van der Waals surface area contributed by atoms with E-state index in [1.807, 2.05) is 38.1 Å².